The van der Waals surface area contributed by atoms with Crippen molar-refractivity contribution >= 4 is 28.5 Å². The summed E-state index contributed by atoms with van der Waals surface area (Å²) in [7, 11) is 0. The quantitative estimate of drug-likeness (QED) is 0.867. The van der Waals surface area contributed by atoms with Crippen LogP contribution in [0.5, 0.6) is 11.6 Å². The van der Waals surface area contributed by atoms with Gasteiger partial charge in [0, 0.05) is 22.4 Å². The predicted molar refractivity (Wildman–Crippen MR) is 75.4 cm³/mol. The molecule has 0 radical (unpaired) electrons. The van der Waals surface area contributed by atoms with Crippen LogP contribution in [0.4, 0.5) is 5.95 Å². The Hall–Kier alpha value is -1.37. The molecule has 2 aromatic rings. The summed E-state index contributed by atoms with van der Waals surface area (Å²) in [6.07, 6.45) is 1.67. The van der Waals surface area contributed by atoms with Crippen LogP contribution in [0.2, 0.25) is 0 Å². The van der Waals surface area contributed by atoms with E-state index in [2.05, 4.69) is 37.9 Å². The van der Waals surface area contributed by atoms with Crippen LogP contribution in [0.1, 0.15) is 6.92 Å². The first-order valence-corrected chi connectivity index (χ1v) is 6.36. The summed E-state index contributed by atoms with van der Waals surface area (Å²) in [5.41, 5.74) is 0. The monoisotopic (exact) mass is 341 g/mol. The Kier molecular flexibility index (Phi) is 4.13. The maximum atomic E-state index is 5.63. The van der Waals surface area contributed by atoms with E-state index < -0.39 is 0 Å². The van der Waals surface area contributed by atoms with Crippen molar-refractivity contribution in [3.63, 3.8) is 0 Å². The average Bonchev–Trinajstić information content (AvgIpc) is 2.33. The van der Waals surface area contributed by atoms with Gasteiger partial charge in [0.25, 0.3) is 0 Å². The van der Waals surface area contributed by atoms with Crippen LogP contribution >= 0.6 is 22.6 Å². The van der Waals surface area contributed by atoms with Crippen molar-refractivity contribution in [2.24, 2.45) is 0 Å². The van der Waals surface area contributed by atoms with Crippen molar-refractivity contribution in [2.75, 3.05) is 11.9 Å². The van der Waals surface area contributed by atoms with Crippen LogP contribution < -0.4 is 10.1 Å². The standard InChI is InChI=1S/C12H12IN3O/c1-2-14-12-15-8-7-11(16-12)17-10-5-3-9(13)4-6-10/h3-8H,2H2,1H3,(H,14,15,16). The van der Waals surface area contributed by atoms with E-state index in [0.717, 1.165) is 12.3 Å². The Balaban J connectivity index is 2.12. The number of nitrogens with zero attached hydrogens (tertiary/aromatic N) is 2. The largest absolute Gasteiger partial charge is 0.439 e. The summed E-state index contributed by atoms with van der Waals surface area (Å²) in [4.78, 5) is 8.32. The highest BCUT2D eigenvalue weighted by atomic mass is 127. The number of benzene rings is 1. The van der Waals surface area contributed by atoms with E-state index in [9.17, 15) is 0 Å². The lowest BCUT2D eigenvalue weighted by Gasteiger charge is -2.06. The van der Waals surface area contributed by atoms with Crippen molar-refractivity contribution in [1.82, 2.24) is 9.97 Å². The van der Waals surface area contributed by atoms with Crippen LogP contribution in [-0.2, 0) is 0 Å². The molecule has 0 amide bonds. The minimum absolute atomic E-state index is 0.539. The Morgan fingerprint density at radius 1 is 1.24 bits per heavy atom. The maximum absolute atomic E-state index is 5.63. The van der Waals surface area contributed by atoms with Crippen LogP contribution in [0.25, 0.3) is 0 Å². The molecular weight excluding hydrogens is 329 g/mol. The fourth-order valence-corrected chi connectivity index (χ4v) is 1.63. The van der Waals surface area contributed by atoms with E-state index in [1.807, 2.05) is 31.2 Å². The topological polar surface area (TPSA) is 47.0 Å². The predicted octanol–water partition coefficient (Wildman–Crippen LogP) is 3.31. The number of rotatable bonds is 4. The van der Waals surface area contributed by atoms with Crippen LogP contribution in [0, 0.1) is 3.57 Å². The molecule has 0 aliphatic rings. The molecule has 0 saturated heterocycles. The lowest BCUT2D eigenvalue weighted by Crippen LogP contribution is -2.02. The zero-order valence-corrected chi connectivity index (χ0v) is 11.5. The fraction of sp³-hybridized carbons (Fsp3) is 0.167. The summed E-state index contributed by atoms with van der Waals surface area (Å²) in [5.74, 6) is 1.89. The Morgan fingerprint density at radius 2 is 2.00 bits per heavy atom. The number of hydrogen-bond acceptors (Lipinski definition) is 4. The fourth-order valence-electron chi connectivity index (χ4n) is 1.27. The smallest absolute Gasteiger partial charge is 0.225 e. The van der Waals surface area contributed by atoms with E-state index in [0.29, 0.717) is 11.8 Å². The van der Waals surface area contributed by atoms with Crippen molar-refractivity contribution in [1.29, 1.82) is 0 Å². The number of halogens is 1. The molecular formula is C12H12IN3O. The van der Waals surface area contributed by atoms with Gasteiger partial charge in [0.1, 0.15) is 5.75 Å². The summed E-state index contributed by atoms with van der Waals surface area (Å²) in [6, 6.07) is 9.54. The third-order valence-corrected chi connectivity index (χ3v) is 2.72. The minimum atomic E-state index is 0.539. The molecule has 1 heterocycles. The Labute approximate surface area is 114 Å². The molecule has 0 atom stereocenters. The summed E-state index contributed by atoms with van der Waals surface area (Å²) in [5, 5.41) is 3.04. The van der Waals surface area contributed by atoms with Crippen molar-refractivity contribution in [3.05, 3.63) is 40.1 Å². The first kappa shape index (κ1) is 12.1. The van der Waals surface area contributed by atoms with Gasteiger partial charge in [-0.2, -0.15) is 4.98 Å². The second-order valence-corrected chi connectivity index (χ2v) is 4.55. The Morgan fingerprint density at radius 3 is 2.71 bits per heavy atom. The molecule has 0 aliphatic carbocycles. The first-order chi connectivity index (χ1) is 8.28. The van der Waals surface area contributed by atoms with Gasteiger partial charge in [-0.05, 0) is 53.8 Å². The SMILES string of the molecule is CCNc1nccc(Oc2ccc(I)cc2)n1. The van der Waals surface area contributed by atoms with Gasteiger partial charge < -0.3 is 10.1 Å². The molecule has 1 aromatic carbocycles. The molecule has 0 aliphatic heterocycles. The first-order valence-electron chi connectivity index (χ1n) is 5.28. The molecule has 0 spiro atoms. The molecule has 1 aromatic heterocycles. The van der Waals surface area contributed by atoms with Crippen molar-refractivity contribution in [3.8, 4) is 11.6 Å². The number of hydrogen-bond donors (Lipinski definition) is 1. The van der Waals surface area contributed by atoms with Gasteiger partial charge in [-0.1, -0.05) is 0 Å². The van der Waals surface area contributed by atoms with Crippen LogP contribution in [0.3, 0.4) is 0 Å². The zero-order valence-electron chi connectivity index (χ0n) is 9.35. The molecule has 0 unspecified atom stereocenters. The second-order valence-electron chi connectivity index (χ2n) is 3.30. The highest BCUT2D eigenvalue weighted by Gasteiger charge is 2.00. The molecule has 17 heavy (non-hydrogen) atoms. The normalized spacial score (nSPS) is 10.0. The number of anilines is 1. The van der Waals surface area contributed by atoms with Gasteiger partial charge in [-0.25, -0.2) is 4.98 Å². The Bertz CT molecular complexity index is 487. The zero-order chi connectivity index (χ0) is 12.1. The van der Waals surface area contributed by atoms with Gasteiger partial charge >= 0.3 is 0 Å². The third kappa shape index (κ3) is 3.55. The number of nitrogens with one attached hydrogen (secondary N) is 1. The van der Waals surface area contributed by atoms with Gasteiger partial charge in [0.15, 0.2) is 0 Å². The van der Waals surface area contributed by atoms with E-state index in [1.165, 1.54) is 3.57 Å². The third-order valence-electron chi connectivity index (χ3n) is 2.00. The van der Waals surface area contributed by atoms with Gasteiger partial charge in [0.2, 0.25) is 11.8 Å². The second kappa shape index (κ2) is 5.81. The molecule has 1 N–H and O–H groups in total. The van der Waals surface area contributed by atoms with Crippen LogP contribution in [-0.4, -0.2) is 16.5 Å². The summed E-state index contributed by atoms with van der Waals surface area (Å²) in [6.45, 7) is 2.78. The lowest BCUT2D eigenvalue weighted by atomic mass is 10.3. The molecule has 88 valence electrons. The molecule has 0 fully saturated rings. The molecule has 0 bridgehead atoms. The molecule has 0 saturated carbocycles. The number of aromatic nitrogens is 2. The van der Waals surface area contributed by atoms with Crippen molar-refractivity contribution < 1.29 is 4.74 Å². The van der Waals surface area contributed by atoms with Crippen LogP contribution in [0.15, 0.2) is 36.5 Å². The number of ether oxygens (including phenoxy) is 1. The summed E-state index contributed by atoms with van der Waals surface area (Å²) < 4.78 is 6.80. The highest BCUT2D eigenvalue weighted by molar-refractivity contribution is 14.1. The summed E-state index contributed by atoms with van der Waals surface area (Å²) >= 11 is 2.25. The average molecular weight is 341 g/mol. The van der Waals surface area contributed by atoms with E-state index in [-0.39, 0.29) is 0 Å². The van der Waals surface area contributed by atoms with Crippen molar-refractivity contribution in [2.45, 2.75) is 6.92 Å². The lowest BCUT2D eigenvalue weighted by molar-refractivity contribution is 0.462. The highest BCUT2D eigenvalue weighted by Crippen LogP contribution is 2.20. The van der Waals surface area contributed by atoms with E-state index in [1.54, 1.807) is 12.3 Å². The van der Waals surface area contributed by atoms with Gasteiger partial charge in [0.05, 0.1) is 0 Å². The molecule has 5 heteroatoms. The minimum Gasteiger partial charge on any atom is -0.439 e. The maximum Gasteiger partial charge on any atom is 0.225 e. The van der Waals surface area contributed by atoms with E-state index >= 15 is 0 Å². The molecule has 4 nitrogen and oxygen atoms in total. The van der Waals surface area contributed by atoms with Gasteiger partial charge in [-0.15, -0.1) is 0 Å². The van der Waals surface area contributed by atoms with E-state index in [4.69, 9.17) is 4.74 Å². The molecule has 2 rings (SSSR count). The van der Waals surface area contributed by atoms with Gasteiger partial charge in [-0.3, -0.25) is 0 Å².